The van der Waals surface area contributed by atoms with Crippen LogP contribution in [0.5, 0.6) is 0 Å². The van der Waals surface area contributed by atoms with E-state index in [1.807, 2.05) is 12.1 Å². The molecule has 1 saturated carbocycles. The van der Waals surface area contributed by atoms with Crippen LogP contribution in [0.1, 0.15) is 86.9 Å². The molecule has 0 N–H and O–H groups in total. The Morgan fingerprint density at radius 1 is 0.630 bits per heavy atom. The number of halogens is 1. The van der Waals surface area contributed by atoms with Crippen LogP contribution in [0.2, 0.25) is 0 Å². The molecule has 0 unspecified atom stereocenters. The van der Waals surface area contributed by atoms with Crippen LogP contribution in [0.3, 0.4) is 0 Å². The van der Waals surface area contributed by atoms with E-state index in [1.165, 1.54) is 15.9 Å². The molecule has 0 radical (unpaired) electrons. The number of fused-ring (bicyclic) bond motifs is 1. The summed E-state index contributed by atoms with van der Waals surface area (Å²) in [6.45, 7) is 8.82. The van der Waals surface area contributed by atoms with Gasteiger partial charge in [0.2, 0.25) is 0 Å². The molecule has 0 atom stereocenters. The van der Waals surface area contributed by atoms with Crippen LogP contribution in [-0.2, 0) is 4.74 Å². The fourth-order valence-corrected chi connectivity index (χ4v) is 16.7. The molecule has 2 aliphatic carbocycles. The van der Waals surface area contributed by atoms with E-state index in [0.29, 0.717) is 23.1 Å². The van der Waals surface area contributed by atoms with Gasteiger partial charge in [-0.05, 0) is 0 Å². The van der Waals surface area contributed by atoms with Crippen LogP contribution >= 0.6 is 20.8 Å². The summed E-state index contributed by atoms with van der Waals surface area (Å²) < 4.78 is 6.98. The van der Waals surface area contributed by atoms with Crippen molar-refractivity contribution in [3.05, 3.63) is 138 Å². The first-order chi connectivity index (χ1) is 22.0. The van der Waals surface area contributed by atoms with E-state index in [-0.39, 0.29) is 23.2 Å². The number of hydrogen-bond donors (Lipinski definition) is 0. The predicted octanol–water partition coefficient (Wildman–Crippen LogP) is 9.70. The molecule has 0 spiro atoms. The number of carbonyl (C=O) groups excluding carboxylic acids is 2. The number of rotatable bonds is 9. The van der Waals surface area contributed by atoms with E-state index in [0.717, 1.165) is 32.1 Å². The summed E-state index contributed by atoms with van der Waals surface area (Å²) >= 11 is 4.68. The number of Topliss-reactive ketones (excluding diaryl/α,β-unsaturated/α-hetero) is 2. The quantitative estimate of drug-likeness (QED) is 0.164. The second kappa shape index (κ2) is 12.4. The third-order valence-electron chi connectivity index (χ3n) is 10.2. The Morgan fingerprint density at radius 3 is 1.50 bits per heavy atom. The normalized spacial score (nSPS) is 17.3. The monoisotopic (exact) mass is 694 g/mol. The van der Waals surface area contributed by atoms with Crippen molar-refractivity contribution in [1.82, 2.24) is 0 Å². The van der Waals surface area contributed by atoms with E-state index in [9.17, 15) is 9.59 Å². The van der Waals surface area contributed by atoms with Crippen molar-refractivity contribution >= 4 is 48.3 Å². The number of carbonyl (C=O) groups is 2. The van der Waals surface area contributed by atoms with Crippen molar-refractivity contribution in [2.45, 2.75) is 77.0 Å². The molecule has 0 aliphatic heterocycles. The second-order valence-corrected chi connectivity index (χ2v) is 23.2. The number of benzene rings is 4. The van der Waals surface area contributed by atoms with Gasteiger partial charge < -0.3 is 0 Å². The van der Waals surface area contributed by atoms with Crippen LogP contribution in [0.4, 0.5) is 0 Å². The molecule has 238 valence electrons. The molecule has 4 aromatic carbocycles. The third kappa shape index (κ3) is 5.23. The van der Waals surface area contributed by atoms with Crippen molar-refractivity contribution in [3.8, 4) is 0 Å². The van der Waals surface area contributed by atoms with Gasteiger partial charge in [-0.2, -0.15) is 0 Å². The number of ketones is 2. The molecule has 0 bridgehead atoms. The molecule has 46 heavy (non-hydrogen) atoms. The number of hydrogen-bond acceptors (Lipinski definition) is 3. The van der Waals surface area contributed by atoms with E-state index in [4.69, 9.17) is 4.74 Å². The molecule has 0 amide bonds. The summed E-state index contributed by atoms with van der Waals surface area (Å²) in [4.78, 5) is 28.4. The molecule has 2 aliphatic rings. The molecule has 0 saturated heterocycles. The fourth-order valence-electron chi connectivity index (χ4n) is 8.36. The minimum atomic E-state index is -3.44. The van der Waals surface area contributed by atoms with E-state index in [2.05, 4.69) is 134 Å². The molecular weight excluding hydrogens is 651 g/mol. The molecule has 3 nitrogen and oxygen atoms in total. The first kappa shape index (κ1) is 32.6. The summed E-state index contributed by atoms with van der Waals surface area (Å²) in [6.07, 6.45) is 5.70. The minimum absolute atomic E-state index is 0.0331. The van der Waals surface area contributed by atoms with Gasteiger partial charge in [-0.25, -0.2) is 0 Å². The number of allylic oxidation sites excluding steroid dienone is 2. The molecular formula is C41H44BrO3P. The Labute approximate surface area is 282 Å². The van der Waals surface area contributed by atoms with Gasteiger partial charge in [0, 0.05) is 0 Å². The van der Waals surface area contributed by atoms with Gasteiger partial charge in [0.15, 0.2) is 0 Å². The molecule has 5 heteroatoms. The van der Waals surface area contributed by atoms with Gasteiger partial charge in [0.1, 0.15) is 0 Å². The van der Waals surface area contributed by atoms with Crippen molar-refractivity contribution in [2.75, 3.05) is 0 Å². The Balaban J connectivity index is 1.51. The van der Waals surface area contributed by atoms with Crippen LogP contribution in [0.25, 0.3) is 0 Å². The molecule has 6 rings (SSSR count). The van der Waals surface area contributed by atoms with Crippen molar-refractivity contribution in [1.29, 1.82) is 0 Å². The molecule has 1 fully saturated rings. The van der Waals surface area contributed by atoms with Crippen LogP contribution < -0.4 is 15.9 Å². The van der Waals surface area contributed by atoms with Gasteiger partial charge in [-0.3, -0.25) is 0 Å². The van der Waals surface area contributed by atoms with Crippen molar-refractivity contribution in [3.63, 3.8) is 0 Å². The first-order valence-corrected chi connectivity index (χ1v) is 20.8. The van der Waals surface area contributed by atoms with Crippen LogP contribution in [-0.4, -0.2) is 22.3 Å². The summed E-state index contributed by atoms with van der Waals surface area (Å²) in [6, 6.07) is 39.6. The molecule has 0 aromatic heterocycles. The summed E-state index contributed by atoms with van der Waals surface area (Å²) in [7, 11) is 0. The van der Waals surface area contributed by atoms with Gasteiger partial charge in [0.05, 0.1) is 0 Å². The van der Waals surface area contributed by atoms with Gasteiger partial charge >= 0.3 is 283 Å². The van der Waals surface area contributed by atoms with Gasteiger partial charge in [-0.1, -0.05) is 0 Å². The number of ether oxygens (including phenoxy) is 1. The maximum absolute atomic E-state index is 14.2. The standard InChI is InChI=1S/C41H44BrO3P/c1-40(2,45-39-36(30-19-9-5-10-20-30)37(43)34-27-17-18-28-35(34)38(39)44)29-41(3,4)46(42,31-21-11-6-12-22-31,32-23-13-7-14-24-32)33-25-15-8-16-26-33/h6-8,11-18,21-28,30H,5,9-10,19-20,29H2,1-4H3. The zero-order valence-corrected chi connectivity index (χ0v) is 29.8. The van der Waals surface area contributed by atoms with Gasteiger partial charge in [0.25, 0.3) is 0 Å². The Morgan fingerprint density at radius 2 is 1.04 bits per heavy atom. The molecule has 0 heterocycles. The summed E-state index contributed by atoms with van der Waals surface area (Å²) in [5.74, 6) is 0.0634. The first-order valence-electron chi connectivity index (χ1n) is 16.5. The van der Waals surface area contributed by atoms with E-state index < -0.39 is 16.1 Å². The Bertz CT molecular complexity index is 1670. The van der Waals surface area contributed by atoms with E-state index in [1.54, 1.807) is 12.1 Å². The second-order valence-electron chi connectivity index (χ2n) is 14.1. The SMILES string of the molecule is CC(C)(CC(C)(C)P(Br)(c1ccccc1)(c1ccccc1)c1ccccc1)OC1=C(C2CCCCC2)C(=O)c2ccccc2C1=O. The fraction of sp³-hybridized carbons (Fsp3) is 0.317. The third-order valence-corrected chi connectivity index (χ3v) is 23.0. The Hall–Kier alpha value is -3.33. The topological polar surface area (TPSA) is 43.4 Å². The van der Waals surface area contributed by atoms with Crippen LogP contribution in [0, 0.1) is 5.92 Å². The molecule has 4 aromatic rings. The van der Waals surface area contributed by atoms with E-state index >= 15 is 0 Å². The Kier molecular flexibility index (Phi) is 8.76. The summed E-state index contributed by atoms with van der Waals surface area (Å²) in [5.41, 5.74) is 0.729. The maximum atomic E-state index is 14.2. The summed E-state index contributed by atoms with van der Waals surface area (Å²) in [5, 5.41) is -0.176. The average Bonchev–Trinajstić information content (AvgIpc) is 3.08. The zero-order valence-electron chi connectivity index (χ0n) is 27.3. The van der Waals surface area contributed by atoms with Crippen LogP contribution in [0.15, 0.2) is 127 Å². The zero-order chi connectivity index (χ0) is 32.6. The predicted molar refractivity (Wildman–Crippen MR) is 197 cm³/mol. The van der Waals surface area contributed by atoms with Crippen molar-refractivity contribution in [2.24, 2.45) is 5.92 Å². The van der Waals surface area contributed by atoms with Crippen molar-refractivity contribution < 1.29 is 14.3 Å². The van der Waals surface area contributed by atoms with Gasteiger partial charge in [-0.15, -0.1) is 0 Å². The average molecular weight is 696 g/mol.